The molecule has 0 saturated heterocycles. The molecule has 1 rings (SSSR count). The molecule has 3 heteroatoms. The first-order valence-electron chi connectivity index (χ1n) is 7.66. The van der Waals surface area contributed by atoms with E-state index in [1.807, 2.05) is 0 Å². The highest BCUT2D eigenvalue weighted by molar-refractivity contribution is 5.44. The molecule has 114 valence electrons. The van der Waals surface area contributed by atoms with Gasteiger partial charge in [-0.3, -0.25) is 0 Å². The van der Waals surface area contributed by atoms with Crippen LogP contribution in [0, 0.1) is 25.7 Å². The van der Waals surface area contributed by atoms with Crippen molar-refractivity contribution in [3.8, 4) is 5.75 Å². The molecule has 0 aliphatic carbocycles. The van der Waals surface area contributed by atoms with Gasteiger partial charge in [-0.05, 0) is 62.7 Å². The maximum atomic E-state index is 5.96. The molecule has 1 atom stereocenters. The number of rotatable bonds is 8. The lowest BCUT2D eigenvalue weighted by Gasteiger charge is -2.23. The van der Waals surface area contributed by atoms with Gasteiger partial charge in [0.2, 0.25) is 0 Å². The van der Waals surface area contributed by atoms with Gasteiger partial charge in [0.15, 0.2) is 0 Å². The molecule has 0 aliphatic rings. The molecule has 0 saturated carbocycles. The van der Waals surface area contributed by atoms with Crippen LogP contribution in [0.1, 0.15) is 37.0 Å². The van der Waals surface area contributed by atoms with Crippen molar-refractivity contribution >= 4 is 0 Å². The van der Waals surface area contributed by atoms with Crippen LogP contribution in [-0.4, -0.2) is 19.7 Å². The van der Waals surface area contributed by atoms with Gasteiger partial charge in [0.1, 0.15) is 5.75 Å². The molecule has 3 nitrogen and oxygen atoms in total. The molecule has 1 unspecified atom stereocenters. The predicted octanol–water partition coefficient (Wildman–Crippen LogP) is 2.80. The summed E-state index contributed by atoms with van der Waals surface area (Å²) in [6.45, 7) is 10.7. The summed E-state index contributed by atoms with van der Waals surface area (Å²) in [5.74, 6) is 1.89. The van der Waals surface area contributed by atoms with E-state index >= 15 is 0 Å². The van der Waals surface area contributed by atoms with Gasteiger partial charge in [-0.25, -0.2) is 0 Å². The second-order valence-corrected chi connectivity index (χ2v) is 5.83. The third-order valence-electron chi connectivity index (χ3n) is 3.90. The molecule has 0 amide bonds. The Morgan fingerprint density at radius 1 is 1.15 bits per heavy atom. The van der Waals surface area contributed by atoms with E-state index in [2.05, 4.69) is 39.8 Å². The molecule has 1 aromatic rings. The van der Waals surface area contributed by atoms with E-state index in [1.165, 1.54) is 16.7 Å². The first kappa shape index (κ1) is 17.0. The standard InChI is InChI=1S/C17H30N2O/c1-5-6-20-17-14(4)7-12(2)8-15(17)9-13(3)16(10-18)11-19/h7-8,13,16H,5-6,9-11,18-19H2,1-4H3. The smallest absolute Gasteiger partial charge is 0.125 e. The van der Waals surface area contributed by atoms with Crippen molar-refractivity contribution in [1.29, 1.82) is 0 Å². The maximum absolute atomic E-state index is 5.96. The summed E-state index contributed by atoms with van der Waals surface area (Å²) in [4.78, 5) is 0. The van der Waals surface area contributed by atoms with E-state index in [0.717, 1.165) is 25.2 Å². The first-order valence-corrected chi connectivity index (χ1v) is 7.66. The average Bonchev–Trinajstić information content (AvgIpc) is 2.39. The minimum Gasteiger partial charge on any atom is -0.493 e. The van der Waals surface area contributed by atoms with Gasteiger partial charge in [0.25, 0.3) is 0 Å². The monoisotopic (exact) mass is 278 g/mol. The molecule has 0 bridgehead atoms. The summed E-state index contributed by atoms with van der Waals surface area (Å²) in [7, 11) is 0. The average molecular weight is 278 g/mol. The largest absolute Gasteiger partial charge is 0.493 e. The van der Waals surface area contributed by atoms with E-state index in [0.29, 0.717) is 24.9 Å². The third-order valence-corrected chi connectivity index (χ3v) is 3.90. The summed E-state index contributed by atoms with van der Waals surface area (Å²) >= 11 is 0. The molecule has 0 fully saturated rings. The number of aryl methyl sites for hydroxylation is 2. The van der Waals surface area contributed by atoms with Crippen molar-refractivity contribution in [2.24, 2.45) is 23.3 Å². The van der Waals surface area contributed by atoms with Crippen LogP contribution in [0.4, 0.5) is 0 Å². The van der Waals surface area contributed by atoms with Crippen molar-refractivity contribution in [2.45, 2.75) is 40.5 Å². The lowest BCUT2D eigenvalue weighted by atomic mass is 9.87. The highest BCUT2D eigenvalue weighted by Gasteiger charge is 2.18. The zero-order valence-corrected chi connectivity index (χ0v) is 13.4. The lowest BCUT2D eigenvalue weighted by molar-refractivity contribution is 0.305. The van der Waals surface area contributed by atoms with Gasteiger partial charge in [-0.1, -0.05) is 31.5 Å². The molecule has 0 heterocycles. The lowest BCUT2D eigenvalue weighted by Crippen LogP contribution is -2.30. The second-order valence-electron chi connectivity index (χ2n) is 5.83. The normalized spacial score (nSPS) is 12.8. The summed E-state index contributed by atoms with van der Waals surface area (Å²) < 4.78 is 5.96. The van der Waals surface area contributed by atoms with Crippen LogP contribution in [0.3, 0.4) is 0 Å². The number of hydrogen-bond donors (Lipinski definition) is 2. The van der Waals surface area contributed by atoms with Crippen LogP contribution >= 0.6 is 0 Å². The third kappa shape index (κ3) is 4.50. The molecule has 0 aliphatic heterocycles. The molecular formula is C17H30N2O. The van der Waals surface area contributed by atoms with Gasteiger partial charge < -0.3 is 16.2 Å². The summed E-state index contributed by atoms with van der Waals surface area (Å²) in [6.07, 6.45) is 2.00. The molecule has 4 N–H and O–H groups in total. The maximum Gasteiger partial charge on any atom is 0.125 e. The fraction of sp³-hybridized carbons (Fsp3) is 0.647. The molecule has 1 aromatic carbocycles. The van der Waals surface area contributed by atoms with Crippen LogP contribution in [0.25, 0.3) is 0 Å². The number of hydrogen-bond acceptors (Lipinski definition) is 3. The van der Waals surface area contributed by atoms with E-state index in [4.69, 9.17) is 16.2 Å². The number of ether oxygens (including phenoxy) is 1. The number of nitrogens with two attached hydrogens (primary N) is 2. The van der Waals surface area contributed by atoms with Gasteiger partial charge in [0.05, 0.1) is 6.61 Å². The Morgan fingerprint density at radius 3 is 2.35 bits per heavy atom. The Bertz CT molecular complexity index is 414. The fourth-order valence-corrected chi connectivity index (χ4v) is 2.68. The van der Waals surface area contributed by atoms with E-state index in [9.17, 15) is 0 Å². The van der Waals surface area contributed by atoms with Crippen molar-refractivity contribution in [1.82, 2.24) is 0 Å². The summed E-state index contributed by atoms with van der Waals surface area (Å²) in [5, 5.41) is 0. The zero-order chi connectivity index (χ0) is 15.1. The van der Waals surface area contributed by atoms with Gasteiger partial charge in [0, 0.05) is 0 Å². The van der Waals surface area contributed by atoms with Gasteiger partial charge in [-0.2, -0.15) is 0 Å². The Kier molecular flexibility index (Phi) is 7.03. The first-order chi connectivity index (χ1) is 9.53. The number of benzene rings is 1. The Morgan fingerprint density at radius 2 is 1.80 bits per heavy atom. The summed E-state index contributed by atoms with van der Waals surface area (Å²) in [6, 6.07) is 4.42. The molecule has 20 heavy (non-hydrogen) atoms. The van der Waals surface area contributed by atoms with Crippen LogP contribution in [0.15, 0.2) is 12.1 Å². The highest BCUT2D eigenvalue weighted by atomic mass is 16.5. The fourth-order valence-electron chi connectivity index (χ4n) is 2.68. The van der Waals surface area contributed by atoms with E-state index < -0.39 is 0 Å². The van der Waals surface area contributed by atoms with Crippen molar-refractivity contribution < 1.29 is 4.74 Å². The Hall–Kier alpha value is -1.06. The Balaban J connectivity index is 2.96. The van der Waals surface area contributed by atoms with Crippen LogP contribution in [0.2, 0.25) is 0 Å². The topological polar surface area (TPSA) is 61.3 Å². The minimum atomic E-state index is 0.370. The SMILES string of the molecule is CCCOc1c(C)cc(C)cc1CC(C)C(CN)CN. The van der Waals surface area contributed by atoms with Gasteiger partial charge >= 0.3 is 0 Å². The summed E-state index contributed by atoms with van der Waals surface area (Å²) in [5.41, 5.74) is 15.4. The van der Waals surface area contributed by atoms with E-state index in [-0.39, 0.29) is 0 Å². The Labute approximate surface area is 123 Å². The molecule has 0 radical (unpaired) electrons. The van der Waals surface area contributed by atoms with Gasteiger partial charge in [-0.15, -0.1) is 0 Å². The van der Waals surface area contributed by atoms with Crippen molar-refractivity contribution in [2.75, 3.05) is 19.7 Å². The quantitative estimate of drug-likeness (QED) is 0.768. The molecule has 0 aromatic heterocycles. The molecular weight excluding hydrogens is 248 g/mol. The zero-order valence-electron chi connectivity index (χ0n) is 13.4. The second kappa shape index (κ2) is 8.28. The van der Waals surface area contributed by atoms with E-state index in [1.54, 1.807) is 0 Å². The predicted molar refractivity (Wildman–Crippen MR) is 86.2 cm³/mol. The highest BCUT2D eigenvalue weighted by Crippen LogP contribution is 2.29. The van der Waals surface area contributed by atoms with Crippen LogP contribution < -0.4 is 16.2 Å². The van der Waals surface area contributed by atoms with Crippen LogP contribution in [-0.2, 0) is 6.42 Å². The van der Waals surface area contributed by atoms with Crippen LogP contribution in [0.5, 0.6) is 5.75 Å². The van der Waals surface area contributed by atoms with Crippen molar-refractivity contribution in [3.63, 3.8) is 0 Å². The molecule has 0 spiro atoms. The minimum absolute atomic E-state index is 0.370. The van der Waals surface area contributed by atoms with Crippen molar-refractivity contribution in [3.05, 3.63) is 28.8 Å².